The zero-order chi connectivity index (χ0) is 23.1. The van der Waals surface area contributed by atoms with E-state index in [1.54, 1.807) is 21.9 Å². The van der Waals surface area contributed by atoms with E-state index in [2.05, 4.69) is 5.32 Å². The van der Waals surface area contributed by atoms with E-state index >= 15 is 0 Å². The maximum absolute atomic E-state index is 12.3. The number of likely N-dealkylation sites (tertiary alicyclic amines) is 1. The summed E-state index contributed by atoms with van der Waals surface area (Å²) in [5, 5.41) is 2.81. The number of rotatable bonds is 7. The Morgan fingerprint density at radius 3 is 2.59 bits per heavy atom. The topological polar surface area (TPSA) is 97.4 Å². The molecule has 2 aliphatic rings. The SMILES string of the molecule is CC(C)(C)OC(=O)N1CCC[C@@H](COCC(=O)Nc2ccc(CN3CCOC3=O)cc2)C1. The minimum Gasteiger partial charge on any atom is -0.448 e. The van der Waals surface area contributed by atoms with E-state index in [1.807, 2.05) is 32.9 Å². The summed E-state index contributed by atoms with van der Waals surface area (Å²) in [5.41, 5.74) is 1.11. The highest BCUT2D eigenvalue weighted by atomic mass is 16.6. The Labute approximate surface area is 189 Å². The Balaban J connectivity index is 1.36. The van der Waals surface area contributed by atoms with Crippen LogP contribution in [0.15, 0.2) is 24.3 Å². The highest BCUT2D eigenvalue weighted by molar-refractivity contribution is 5.91. The van der Waals surface area contributed by atoms with Gasteiger partial charge < -0.3 is 29.3 Å². The average molecular weight is 448 g/mol. The lowest BCUT2D eigenvalue weighted by atomic mass is 9.99. The van der Waals surface area contributed by atoms with Gasteiger partial charge in [-0.1, -0.05) is 12.1 Å². The number of nitrogens with one attached hydrogen (secondary N) is 1. The minimum atomic E-state index is -0.517. The van der Waals surface area contributed by atoms with Crippen LogP contribution in [0, 0.1) is 5.92 Å². The van der Waals surface area contributed by atoms with Gasteiger partial charge in [-0.05, 0) is 51.3 Å². The summed E-state index contributed by atoms with van der Waals surface area (Å²) >= 11 is 0. The van der Waals surface area contributed by atoms with Gasteiger partial charge in [-0.3, -0.25) is 4.79 Å². The van der Waals surface area contributed by atoms with Crippen molar-refractivity contribution in [1.82, 2.24) is 9.80 Å². The van der Waals surface area contributed by atoms with E-state index in [0.717, 1.165) is 18.4 Å². The highest BCUT2D eigenvalue weighted by Crippen LogP contribution is 2.20. The zero-order valence-corrected chi connectivity index (χ0v) is 19.1. The first-order valence-electron chi connectivity index (χ1n) is 11.1. The van der Waals surface area contributed by atoms with Crippen molar-refractivity contribution in [2.75, 3.05) is 44.8 Å². The van der Waals surface area contributed by atoms with Gasteiger partial charge in [0.25, 0.3) is 0 Å². The molecule has 3 rings (SSSR count). The third-order valence-corrected chi connectivity index (χ3v) is 5.21. The van der Waals surface area contributed by atoms with Crippen LogP contribution in [0.5, 0.6) is 0 Å². The number of anilines is 1. The van der Waals surface area contributed by atoms with Gasteiger partial charge in [-0.2, -0.15) is 0 Å². The van der Waals surface area contributed by atoms with Crippen molar-refractivity contribution in [1.29, 1.82) is 0 Å². The van der Waals surface area contributed by atoms with Crippen molar-refractivity contribution in [3.8, 4) is 0 Å². The van der Waals surface area contributed by atoms with Crippen LogP contribution in [0.25, 0.3) is 0 Å². The molecule has 1 aromatic carbocycles. The van der Waals surface area contributed by atoms with E-state index < -0.39 is 5.60 Å². The molecule has 0 aliphatic carbocycles. The predicted molar refractivity (Wildman–Crippen MR) is 118 cm³/mol. The van der Waals surface area contributed by atoms with Crippen LogP contribution in [0.1, 0.15) is 39.2 Å². The fraction of sp³-hybridized carbons (Fsp3) is 0.609. The molecular weight excluding hydrogens is 414 g/mol. The number of carbonyl (C=O) groups is 3. The maximum Gasteiger partial charge on any atom is 0.410 e. The molecule has 1 N–H and O–H groups in total. The molecule has 32 heavy (non-hydrogen) atoms. The molecule has 2 aliphatic heterocycles. The van der Waals surface area contributed by atoms with Crippen LogP contribution < -0.4 is 5.32 Å². The molecule has 0 radical (unpaired) electrons. The molecule has 176 valence electrons. The lowest BCUT2D eigenvalue weighted by molar-refractivity contribution is -0.121. The zero-order valence-electron chi connectivity index (χ0n) is 19.1. The summed E-state index contributed by atoms with van der Waals surface area (Å²) in [6.45, 7) is 8.67. The Morgan fingerprint density at radius 1 is 1.19 bits per heavy atom. The van der Waals surface area contributed by atoms with Gasteiger partial charge in [-0.25, -0.2) is 9.59 Å². The molecule has 3 amide bonds. The third-order valence-electron chi connectivity index (χ3n) is 5.21. The van der Waals surface area contributed by atoms with E-state index in [4.69, 9.17) is 14.2 Å². The Bertz CT molecular complexity index is 805. The smallest absolute Gasteiger partial charge is 0.410 e. The van der Waals surface area contributed by atoms with Gasteiger partial charge in [0.05, 0.1) is 13.2 Å². The number of amides is 3. The summed E-state index contributed by atoms with van der Waals surface area (Å²) in [7, 11) is 0. The van der Waals surface area contributed by atoms with Crippen molar-refractivity contribution in [3.05, 3.63) is 29.8 Å². The van der Waals surface area contributed by atoms with E-state index in [0.29, 0.717) is 45.1 Å². The van der Waals surface area contributed by atoms with Crippen molar-refractivity contribution in [2.24, 2.45) is 5.92 Å². The number of hydrogen-bond donors (Lipinski definition) is 1. The second-order valence-corrected chi connectivity index (χ2v) is 9.23. The van der Waals surface area contributed by atoms with Crippen LogP contribution in [0.3, 0.4) is 0 Å². The third kappa shape index (κ3) is 7.40. The predicted octanol–water partition coefficient (Wildman–Crippen LogP) is 3.24. The summed E-state index contributed by atoms with van der Waals surface area (Å²) in [6.07, 6.45) is 1.24. The van der Waals surface area contributed by atoms with Crippen molar-refractivity contribution >= 4 is 23.8 Å². The van der Waals surface area contributed by atoms with Crippen LogP contribution in [-0.2, 0) is 25.5 Å². The molecule has 0 saturated carbocycles. The van der Waals surface area contributed by atoms with Gasteiger partial charge in [0.2, 0.25) is 5.91 Å². The summed E-state index contributed by atoms with van der Waals surface area (Å²) in [5.74, 6) is -0.0543. The molecule has 2 heterocycles. The molecule has 1 aromatic rings. The van der Waals surface area contributed by atoms with Crippen molar-refractivity contribution < 1.29 is 28.6 Å². The number of cyclic esters (lactones) is 1. The standard InChI is InChI=1S/C23H33N3O6/c1-23(2,3)32-22(29)25-10-4-5-18(14-25)15-30-16-20(27)24-19-8-6-17(7-9-19)13-26-11-12-31-21(26)28/h6-9,18H,4-5,10-16H2,1-3H3,(H,24,27)/t18-/m1/s1. The number of nitrogens with zero attached hydrogens (tertiary/aromatic N) is 2. The fourth-order valence-corrected chi connectivity index (χ4v) is 3.69. The first-order valence-corrected chi connectivity index (χ1v) is 11.1. The Kier molecular flexibility index (Phi) is 7.95. The molecule has 0 unspecified atom stereocenters. The quantitative estimate of drug-likeness (QED) is 0.689. The van der Waals surface area contributed by atoms with Gasteiger partial charge in [-0.15, -0.1) is 0 Å². The average Bonchev–Trinajstić information content (AvgIpc) is 3.13. The monoisotopic (exact) mass is 447 g/mol. The Morgan fingerprint density at radius 2 is 1.94 bits per heavy atom. The highest BCUT2D eigenvalue weighted by Gasteiger charge is 2.28. The molecule has 2 fully saturated rings. The van der Waals surface area contributed by atoms with Crippen molar-refractivity contribution in [3.63, 3.8) is 0 Å². The molecular formula is C23H33N3O6. The summed E-state index contributed by atoms with van der Waals surface area (Å²) in [4.78, 5) is 39.3. The first-order chi connectivity index (χ1) is 15.2. The number of piperidine rings is 1. The maximum atomic E-state index is 12.3. The van der Waals surface area contributed by atoms with E-state index in [1.165, 1.54) is 0 Å². The molecule has 1 atom stereocenters. The van der Waals surface area contributed by atoms with Gasteiger partial charge in [0, 0.05) is 31.2 Å². The van der Waals surface area contributed by atoms with E-state index in [9.17, 15) is 14.4 Å². The van der Waals surface area contributed by atoms with Gasteiger partial charge in [0.15, 0.2) is 0 Å². The molecule has 0 spiro atoms. The largest absolute Gasteiger partial charge is 0.448 e. The number of ether oxygens (including phenoxy) is 3. The van der Waals surface area contributed by atoms with Crippen molar-refractivity contribution in [2.45, 2.75) is 45.8 Å². The fourth-order valence-electron chi connectivity index (χ4n) is 3.69. The molecule has 2 saturated heterocycles. The van der Waals surface area contributed by atoms with Crippen LogP contribution in [-0.4, -0.2) is 72.9 Å². The normalized spacial score (nSPS) is 19.0. The number of benzene rings is 1. The Hall–Kier alpha value is -2.81. The molecule has 0 aromatic heterocycles. The van der Waals surface area contributed by atoms with Gasteiger partial charge >= 0.3 is 12.2 Å². The molecule has 9 heteroatoms. The molecule has 0 bridgehead atoms. The summed E-state index contributed by atoms with van der Waals surface area (Å²) < 4.78 is 16.0. The van der Waals surface area contributed by atoms with Gasteiger partial charge in [0.1, 0.15) is 18.8 Å². The van der Waals surface area contributed by atoms with Crippen LogP contribution >= 0.6 is 0 Å². The lowest BCUT2D eigenvalue weighted by Gasteiger charge is -2.34. The molecule has 9 nitrogen and oxygen atoms in total. The second-order valence-electron chi connectivity index (χ2n) is 9.23. The summed E-state index contributed by atoms with van der Waals surface area (Å²) in [6, 6.07) is 7.34. The van der Waals surface area contributed by atoms with Crippen LogP contribution in [0.2, 0.25) is 0 Å². The number of hydrogen-bond acceptors (Lipinski definition) is 6. The lowest BCUT2D eigenvalue weighted by Crippen LogP contribution is -2.44. The second kappa shape index (κ2) is 10.7. The minimum absolute atomic E-state index is 0.0513. The van der Waals surface area contributed by atoms with E-state index in [-0.39, 0.29) is 30.6 Å². The first kappa shape index (κ1) is 23.8. The van der Waals surface area contributed by atoms with Crippen LogP contribution in [0.4, 0.5) is 15.3 Å². The number of carbonyl (C=O) groups excluding carboxylic acids is 3.